The van der Waals surface area contributed by atoms with Crippen molar-refractivity contribution < 1.29 is 13.5 Å². The number of nitrogens with two attached hydrogens (primary N) is 1. The Morgan fingerprint density at radius 1 is 1.09 bits per heavy atom. The fourth-order valence-corrected chi connectivity index (χ4v) is 2.10. The van der Waals surface area contributed by atoms with E-state index in [4.69, 9.17) is 10.5 Å². The minimum atomic E-state index is -0.925. The fourth-order valence-electron chi connectivity index (χ4n) is 2.10. The molecule has 0 amide bonds. The molecule has 0 radical (unpaired) electrons. The summed E-state index contributed by atoms with van der Waals surface area (Å²) >= 11 is 0. The number of fused-ring (bicyclic) bond motifs is 1. The lowest BCUT2D eigenvalue weighted by Gasteiger charge is -2.06. The van der Waals surface area contributed by atoms with Gasteiger partial charge in [-0.2, -0.15) is 0 Å². The Hall–Kier alpha value is -2.70. The van der Waals surface area contributed by atoms with E-state index in [-0.39, 0.29) is 0 Å². The van der Waals surface area contributed by atoms with E-state index in [0.717, 1.165) is 17.9 Å². The maximum absolute atomic E-state index is 13.3. The van der Waals surface area contributed by atoms with Gasteiger partial charge in [0.05, 0.1) is 12.1 Å². The van der Waals surface area contributed by atoms with Gasteiger partial charge in [-0.05, 0) is 24.3 Å². The van der Waals surface area contributed by atoms with Crippen LogP contribution in [0.15, 0.2) is 36.4 Å². The molecule has 1 aromatic heterocycles. The first-order valence-electron chi connectivity index (χ1n) is 6.80. The summed E-state index contributed by atoms with van der Waals surface area (Å²) < 4.78 is 33.5. The number of nitrogens with zero attached hydrogens (tertiary/aromatic N) is 3. The molecular weight excluding hydrogens is 290 g/mol. The van der Waals surface area contributed by atoms with Crippen molar-refractivity contribution in [3.63, 3.8) is 0 Å². The molecule has 114 valence electrons. The SMILES string of the molecule is Nc1ccc(OCCCn2nnc3cc(F)c(F)cc32)cc1. The van der Waals surface area contributed by atoms with Crippen molar-refractivity contribution in [3.05, 3.63) is 48.0 Å². The summed E-state index contributed by atoms with van der Waals surface area (Å²) in [5.41, 5.74) is 7.06. The van der Waals surface area contributed by atoms with Crippen LogP contribution >= 0.6 is 0 Å². The number of aryl methyl sites for hydroxylation is 1. The molecule has 3 rings (SSSR count). The molecule has 1 heterocycles. The van der Waals surface area contributed by atoms with Crippen molar-refractivity contribution in [2.75, 3.05) is 12.3 Å². The predicted molar refractivity (Wildman–Crippen MR) is 78.4 cm³/mol. The van der Waals surface area contributed by atoms with Gasteiger partial charge in [-0.25, -0.2) is 13.5 Å². The van der Waals surface area contributed by atoms with Crippen molar-refractivity contribution in [3.8, 4) is 5.75 Å². The number of hydrogen-bond donors (Lipinski definition) is 1. The lowest BCUT2D eigenvalue weighted by atomic mass is 10.3. The number of ether oxygens (including phenoxy) is 1. The van der Waals surface area contributed by atoms with E-state index < -0.39 is 11.6 Å². The minimum Gasteiger partial charge on any atom is -0.494 e. The van der Waals surface area contributed by atoms with Gasteiger partial charge in [0.1, 0.15) is 11.3 Å². The van der Waals surface area contributed by atoms with Gasteiger partial charge in [0.2, 0.25) is 0 Å². The quantitative estimate of drug-likeness (QED) is 0.581. The molecule has 0 atom stereocenters. The topological polar surface area (TPSA) is 66.0 Å². The molecule has 0 unspecified atom stereocenters. The highest BCUT2D eigenvalue weighted by Gasteiger charge is 2.10. The summed E-state index contributed by atoms with van der Waals surface area (Å²) in [5.74, 6) is -1.11. The Kier molecular flexibility index (Phi) is 3.86. The molecule has 0 saturated carbocycles. The first-order chi connectivity index (χ1) is 10.6. The fraction of sp³-hybridized carbons (Fsp3) is 0.200. The van der Waals surface area contributed by atoms with Gasteiger partial charge < -0.3 is 10.5 Å². The second-order valence-corrected chi connectivity index (χ2v) is 4.84. The van der Waals surface area contributed by atoms with Crippen LogP contribution in [0.5, 0.6) is 5.75 Å². The van der Waals surface area contributed by atoms with Crippen molar-refractivity contribution in [2.24, 2.45) is 0 Å². The summed E-state index contributed by atoms with van der Waals surface area (Å²) in [6.07, 6.45) is 0.655. The van der Waals surface area contributed by atoms with Crippen LogP contribution < -0.4 is 10.5 Å². The van der Waals surface area contributed by atoms with Crippen molar-refractivity contribution >= 4 is 16.7 Å². The van der Waals surface area contributed by atoms with Gasteiger partial charge in [0, 0.05) is 30.8 Å². The number of benzene rings is 2. The van der Waals surface area contributed by atoms with Gasteiger partial charge in [-0.15, -0.1) is 5.10 Å². The monoisotopic (exact) mass is 304 g/mol. The van der Waals surface area contributed by atoms with E-state index >= 15 is 0 Å². The van der Waals surface area contributed by atoms with E-state index in [1.165, 1.54) is 4.68 Å². The molecule has 0 aliphatic carbocycles. The molecule has 0 bridgehead atoms. The van der Waals surface area contributed by atoms with Crippen molar-refractivity contribution in [2.45, 2.75) is 13.0 Å². The average Bonchev–Trinajstić information content (AvgIpc) is 2.88. The van der Waals surface area contributed by atoms with Gasteiger partial charge >= 0.3 is 0 Å². The van der Waals surface area contributed by atoms with Gasteiger partial charge in [0.25, 0.3) is 0 Å². The Balaban J connectivity index is 1.60. The van der Waals surface area contributed by atoms with Crippen LogP contribution in [0, 0.1) is 11.6 Å². The van der Waals surface area contributed by atoms with E-state index in [1.807, 2.05) is 0 Å². The third-order valence-electron chi connectivity index (χ3n) is 3.22. The van der Waals surface area contributed by atoms with Gasteiger partial charge in [-0.3, -0.25) is 0 Å². The highest BCUT2D eigenvalue weighted by molar-refractivity contribution is 5.74. The summed E-state index contributed by atoms with van der Waals surface area (Å²) in [5, 5.41) is 7.71. The molecule has 22 heavy (non-hydrogen) atoms. The third kappa shape index (κ3) is 2.98. The summed E-state index contributed by atoms with van der Waals surface area (Å²) in [6, 6.07) is 9.25. The second kappa shape index (κ2) is 5.97. The highest BCUT2D eigenvalue weighted by atomic mass is 19.2. The molecule has 2 aromatic carbocycles. The number of anilines is 1. The van der Waals surface area contributed by atoms with Crippen LogP contribution in [0.4, 0.5) is 14.5 Å². The molecule has 0 aliphatic heterocycles. The van der Waals surface area contributed by atoms with Gasteiger partial charge in [0.15, 0.2) is 11.6 Å². The number of nitrogen functional groups attached to an aromatic ring is 1. The minimum absolute atomic E-state index is 0.332. The maximum atomic E-state index is 13.3. The third-order valence-corrected chi connectivity index (χ3v) is 3.22. The first kappa shape index (κ1) is 14.2. The maximum Gasteiger partial charge on any atom is 0.161 e. The van der Waals surface area contributed by atoms with Crippen LogP contribution in [0.3, 0.4) is 0 Å². The number of halogens is 2. The van der Waals surface area contributed by atoms with Crippen LogP contribution in [0.25, 0.3) is 11.0 Å². The molecule has 0 saturated heterocycles. The first-order valence-corrected chi connectivity index (χ1v) is 6.80. The zero-order valence-corrected chi connectivity index (χ0v) is 11.7. The lowest BCUT2D eigenvalue weighted by molar-refractivity contribution is 0.299. The highest BCUT2D eigenvalue weighted by Crippen LogP contribution is 2.17. The summed E-state index contributed by atoms with van der Waals surface area (Å²) in [4.78, 5) is 0. The largest absolute Gasteiger partial charge is 0.494 e. The molecule has 3 aromatic rings. The molecular formula is C15H14F2N4O. The van der Waals surface area contributed by atoms with Crippen LogP contribution in [-0.2, 0) is 6.54 Å². The summed E-state index contributed by atoms with van der Waals surface area (Å²) in [6.45, 7) is 0.964. The average molecular weight is 304 g/mol. The zero-order chi connectivity index (χ0) is 15.5. The van der Waals surface area contributed by atoms with Crippen LogP contribution in [-0.4, -0.2) is 21.6 Å². The Morgan fingerprint density at radius 2 is 1.82 bits per heavy atom. The lowest BCUT2D eigenvalue weighted by Crippen LogP contribution is -2.06. The number of hydrogen-bond acceptors (Lipinski definition) is 4. The van der Waals surface area contributed by atoms with Crippen LogP contribution in [0.2, 0.25) is 0 Å². The molecule has 2 N–H and O–H groups in total. The standard InChI is InChI=1S/C15H14F2N4O/c16-12-8-14-15(9-13(12)17)21(20-19-14)6-1-7-22-11-4-2-10(18)3-5-11/h2-5,8-9H,1,6-7,18H2. The predicted octanol–water partition coefficient (Wildman–Crippen LogP) is 2.76. The molecule has 5 nitrogen and oxygen atoms in total. The smallest absolute Gasteiger partial charge is 0.161 e. The second-order valence-electron chi connectivity index (χ2n) is 4.84. The zero-order valence-electron chi connectivity index (χ0n) is 11.7. The number of aromatic nitrogens is 3. The normalized spacial score (nSPS) is 11.0. The van der Waals surface area contributed by atoms with Gasteiger partial charge in [-0.1, -0.05) is 5.21 Å². The van der Waals surface area contributed by atoms with E-state index in [9.17, 15) is 8.78 Å². The van der Waals surface area contributed by atoms with Crippen LogP contribution in [0.1, 0.15) is 6.42 Å². The molecule has 0 fully saturated rings. The van der Waals surface area contributed by atoms with E-state index in [0.29, 0.717) is 36.3 Å². The molecule has 0 aliphatic rings. The Bertz CT molecular complexity index is 786. The van der Waals surface area contributed by atoms with Crippen molar-refractivity contribution in [1.82, 2.24) is 15.0 Å². The summed E-state index contributed by atoms with van der Waals surface area (Å²) in [7, 11) is 0. The number of rotatable bonds is 5. The molecule has 0 spiro atoms. The Morgan fingerprint density at radius 3 is 2.59 bits per heavy atom. The molecule has 7 heteroatoms. The van der Waals surface area contributed by atoms with E-state index in [1.54, 1.807) is 24.3 Å². The Labute approximate surface area is 125 Å². The van der Waals surface area contributed by atoms with Crippen molar-refractivity contribution in [1.29, 1.82) is 0 Å². The van der Waals surface area contributed by atoms with E-state index in [2.05, 4.69) is 10.3 Å².